The number of carbonyl (C=O) groups excluding carboxylic acids is 1. The van der Waals surface area contributed by atoms with E-state index in [4.69, 9.17) is 0 Å². The summed E-state index contributed by atoms with van der Waals surface area (Å²) in [6.07, 6.45) is 4.75. The molecule has 6 heteroatoms. The number of rotatable bonds is 4. The first-order valence-corrected chi connectivity index (χ1v) is 5.37. The van der Waals surface area contributed by atoms with Crippen LogP contribution in [0.15, 0.2) is 36.8 Å². The van der Waals surface area contributed by atoms with Crippen molar-refractivity contribution in [1.82, 2.24) is 14.9 Å². The van der Waals surface area contributed by atoms with E-state index in [1.54, 1.807) is 0 Å². The van der Waals surface area contributed by atoms with Crippen molar-refractivity contribution in [3.63, 3.8) is 0 Å². The van der Waals surface area contributed by atoms with Gasteiger partial charge in [0, 0.05) is 31.7 Å². The summed E-state index contributed by atoms with van der Waals surface area (Å²) in [6.45, 7) is 0.894. The number of amides is 1. The first kappa shape index (κ1) is 12.2. The lowest BCUT2D eigenvalue weighted by Gasteiger charge is -2.06. The Balaban J connectivity index is 1.93. The van der Waals surface area contributed by atoms with Gasteiger partial charge in [-0.3, -0.25) is 4.79 Å². The summed E-state index contributed by atoms with van der Waals surface area (Å²) in [4.78, 5) is 14.7. The second-order valence-electron chi connectivity index (χ2n) is 3.64. The van der Waals surface area contributed by atoms with Crippen LogP contribution in [0, 0.1) is 11.8 Å². The van der Waals surface area contributed by atoms with Crippen LogP contribution in [0.5, 0.6) is 0 Å². The number of nitrogens with zero attached hydrogens (tertiary/aromatic N) is 2. The smallest absolute Gasteiger partial charge is 0.254 e. The molecule has 2 rings (SSSR count). The molecule has 1 N–H and O–H groups in total. The average Bonchev–Trinajstić information content (AvgIpc) is 2.85. The van der Waals surface area contributed by atoms with Crippen molar-refractivity contribution in [2.75, 3.05) is 6.54 Å². The van der Waals surface area contributed by atoms with Crippen LogP contribution >= 0.6 is 0 Å². The van der Waals surface area contributed by atoms with Crippen LogP contribution in [0.3, 0.4) is 0 Å². The van der Waals surface area contributed by atoms with E-state index >= 15 is 0 Å². The van der Waals surface area contributed by atoms with E-state index in [1.807, 2.05) is 29.1 Å². The Hall–Kier alpha value is -2.24. The van der Waals surface area contributed by atoms with E-state index in [0.29, 0.717) is 13.1 Å². The van der Waals surface area contributed by atoms with Crippen molar-refractivity contribution < 1.29 is 13.6 Å². The number of nitrogens with one attached hydrogen (secondary N) is 1. The molecule has 0 aliphatic rings. The molecular weight excluding hydrogens is 240 g/mol. The lowest BCUT2D eigenvalue weighted by Crippen LogP contribution is -2.28. The minimum Gasteiger partial charge on any atom is -0.353 e. The van der Waals surface area contributed by atoms with Crippen LogP contribution in [0.2, 0.25) is 0 Å². The van der Waals surface area contributed by atoms with Crippen LogP contribution in [-0.2, 0) is 6.54 Å². The van der Waals surface area contributed by atoms with Gasteiger partial charge < -0.3 is 9.88 Å². The Labute approximate surface area is 102 Å². The molecule has 0 aliphatic heterocycles. The monoisotopic (exact) mass is 251 g/mol. The maximum Gasteiger partial charge on any atom is 0.254 e. The van der Waals surface area contributed by atoms with E-state index < -0.39 is 17.7 Å². The molecule has 0 radical (unpaired) electrons. The number of halogens is 2. The van der Waals surface area contributed by atoms with Crippen molar-refractivity contribution in [2.45, 2.75) is 6.54 Å². The molecule has 0 aliphatic carbocycles. The third kappa shape index (κ3) is 2.71. The van der Waals surface area contributed by atoms with Crippen LogP contribution in [0.1, 0.15) is 10.4 Å². The molecule has 0 spiro atoms. The van der Waals surface area contributed by atoms with E-state index in [0.717, 1.165) is 12.3 Å². The van der Waals surface area contributed by atoms with Crippen LogP contribution < -0.4 is 5.32 Å². The zero-order chi connectivity index (χ0) is 13.0. The number of aromatic nitrogens is 2. The first-order valence-electron chi connectivity index (χ1n) is 5.37. The summed E-state index contributed by atoms with van der Waals surface area (Å²) >= 11 is 0. The molecule has 4 nitrogen and oxygen atoms in total. The van der Waals surface area contributed by atoms with Gasteiger partial charge >= 0.3 is 0 Å². The second kappa shape index (κ2) is 5.39. The first-order chi connectivity index (χ1) is 8.68. The normalized spacial score (nSPS) is 10.3. The van der Waals surface area contributed by atoms with Gasteiger partial charge in [-0.2, -0.15) is 4.39 Å². The molecule has 0 saturated heterocycles. The molecule has 0 atom stereocenters. The molecule has 2 aromatic heterocycles. The molecule has 2 heterocycles. The average molecular weight is 251 g/mol. The minimum absolute atomic E-state index is 0.330. The Morgan fingerprint density at radius 3 is 2.78 bits per heavy atom. The summed E-state index contributed by atoms with van der Waals surface area (Å²) in [6, 6.07) is 4.86. The lowest BCUT2D eigenvalue weighted by atomic mass is 10.2. The second-order valence-corrected chi connectivity index (χ2v) is 3.64. The molecule has 0 unspecified atom stereocenters. The molecule has 1 amide bonds. The molecule has 0 fully saturated rings. The van der Waals surface area contributed by atoms with Crippen LogP contribution in [0.4, 0.5) is 8.78 Å². The summed E-state index contributed by atoms with van der Waals surface area (Å²) in [5.74, 6) is -3.15. The minimum atomic E-state index is -1.27. The fraction of sp³-hybridized carbons (Fsp3) is 0.167. The number of carbonyl (C=O) groups is 1. The summed E-state index contributed by atoms with van der Waals surface area (Å²) < 4.78 is 27.9. The zero-order valence-electron chi connectivity index (χ0n) is 9.44. The Morgan fingerprint density at radius 2 is 2.06 bits per heavy atom. The zero-order valence-corrected chi connectivity index (χ0v) is 9.44. The van der Waals surface area contributed by atoms with Crippen molar-refractivity contribution in [3.05, 3.63) is 54.1 Å². The highest BCUT2D eigenvalue weighted by Gasteiger charge is 2.15. The quantitative estimate of drug-likeness (QED) is 0.839. The summed E-state index contributed by atoms with van der Waals surface area (Å²) in [5, 5.41) is 2.51. The number of hydrogen-bond acceptors (Lipinski definition) is 2. The van der Waals surface area contributed by atoms with Gasteiger partial charge in [-0.25, -0.2) is 9.37 Å². The molecule has 0 aromatic carbocycles. The predicted octanol–water partition coefficient (Wildman–Crippen LogP) is 1.59. The van der Waals surface area contributed by atoms with E-state index in [9.17, 15) is 13.6 Å². The maximum absolute atomic E-state index is 13.2. The molecule has 18 heavy (non-hydrogen) atoms. The number of hydrogen-bond donors (Lipinski definition) is 1. The van der Waals surface area contributed by atoms with Crippen molar-refractivity contribution >= 4 is 5.91 Å². The highest BCUT2D eigenvalue weighted by Crippen LogP contribution is 2.08. The van der Waals surface area contributed by atoms with Gasteiger partial charge in [0.2, 0.25) is 5.95 Å². The van der Waals surface area contributed by atoms with Crippen molar-refractivity contribution in [3.8, 4) is 0 Å². The van der Waals surface area contributed by atoms with Crippen LogP contribution in [0.25, 0.3) is 0 Å². The Kier molecular flexibility index (Phi) is 3.66. The Morgan fingerprint density at radius 1 is 1.33 bits per heavy atom. The fourth-order valence-electron chi connectivity index (χ4n) is 1.51. The highest BCUT2D eigenvalue weighted by atomic mass is 19.2. The molecule has 2 aromatic rings. The van der Waals surface area contributed by atoms with Crippen LogP contribution in [-0.4, -0.2) is 22.0 Å². The molecular formula is C12H11F2N3O. The molecule has 0 bridgehead atoms. The SMILES string of the molecule is O=C(NCCn1cccc1)c1ccnc(F)c1F. The third-order valence-corrected chi connectivity index (χ3v) is 2.41. The third-order valence-electron chi connectivity index (χ3n) is 2.41. The maximum atomic E-state index is 13.2. The predicted molar refractivity (Wildman–Crippen MR) is 60.9 cm³/mol. The van der Waals surface area contributed by atoms with E-state index in [1.165, 1.54) is 0 Å². The van der Waals surface area contributed by atoms with Gasteiger partial charge in [0.15, 0.2) is 5.82 Å². The van der Waals surface area contributed by atoms with Gasteiger partial charge in [0.25, 0.3) is 5.91 Å². The summed E-state index contributed by atoms with van der Waals surface area (Å²) in [7, 11) is 0. The van der Waals surface area contributed by atoms with Gasteiger partial charge in [-0.15, -0.1) is 0 Å². The van der Waals surface area contributed by atoms with Gasteiger partial charge in [-0.05, 0) is 18.2 Å². The molecule has 94 valence electrons. The highest BCUT2D eigenvalue weighted by molar-refractivity contribution is 5.94. The van der Waals surface area contributed by atoms with E-state index in [2.05, 4.69) is 10.3 Å². The van der Waals surface area contributed by atoms with Gasteiger partial charge in [-0.1, -0.05) is 0 Å². The topological polar surface area (TPSA) is 46.9 Å². The summed E-state index contributed by atoms with van der Waals surface area (Å²) in [5.41, 5.74) is -0.338. The van der Waals surface area contributed by atoms with Crippen molar-refractivity contribution in [2.24, 2.45) is 0 Å². The molecule has 0 saturated carbocycles. The van der Waals surface area contributed by atoms with Gasteiger partial charge in [0.05, 0.1) is 5.56 Å². The number of pyridine rings is 1. The largest absolute Gasteiger partial charge is 0.353 e. The fourth-order valence-corrected chi connectivity index (χ4v) is 1.51. The lowest BCUT2D eigenvalue weighted by molar-refractivity contribution is 0.0947. The standard InChI is InChI=1S/C12H11F2N3O/c13-10-9(3-4-15-11(10)14)12(18)16-5-8-17-6-1-2-7-17/h1-4,6-7H,5,8H2,(H,16,18). The van der Waals surface area contributed by atoms with E-state index in [-0.39, 0.29) is 5.56 Å². The Bertz CT molecular complexity index is 540. The van der Waals surface area contributed by atoms with Gasteiger partial charge in [0.1, 0.15) is 0 Å². The van der Waals surface area contributed by atoms with Crippen molar-refractivity contribution in [1.29, 1.82) is 0 Å².